The zero-order chi connectivity index (χ0) is 26.1. The monoisotopic (exact) mass is 520 g/mol. The molecule has 0 aromatic heterocycles. The molecule has 0 aliphatic carbocycles. The molecule has 0 bridgehead atoms. The van der Waals surface area contributed by atoms with Crippen LogP contribution in [0.1, 0.15) is 18.9 Å². The topological polar surface area (TPSA) is 100 Å². The van der Waals surface area contributed by atoms with E-state index in [0.717, 1.165) is 5.56 Å². The molecule has 2 aromatic rings. The minimum Gasteiger partial charge on any atom is -0.482 e. The van der Waals surface area contributed by atoms with Gasteiger partial charge in [0.05, 0.1) is 19.2 Å². The van der Waals surface area contributed by atoms with Gasteiger partial charge in [0.1, 0.15) is 11.6 Å². The number of nitrogens with zero attached hydrogens (tertiary/aromatic N) is 2. The van der Waals surface area contributed by atoms with E-state index < -0.39 is 12.0 Å². The van der Waals surface area contributed by atoms with Crippen molar-refractivity contribution in [3.63, 3.8) is 0 Å². The highest BCUT2D eigenvalue weighted by Crippen LogP contribution is 2.28. The number of carbonyl (C=O) groups is 3. The highest BCUT2D eigenvalue weighted by atomic mass is 35.5. The van der Waals surface area contributed by atoms with E-state index in [1.54, 1.807) is 29.2 Å². The molecule has 36 heavy (non-hydrogen) atoms. The summed E-state index contributed by atoms with van der Waals surface area (Å²) in [6, 6.07) is 10.5. The van der Waals surface area contributed by atoms with E-state index in [2.05, 4.69) is 20.3 Å². The van der Waals surface area contributed by atoms with Crippen molar-refractivity contribution in [2.24, 2.45) is 0 Å². The maximum absolute atomic E-state index is 13.1. The number of hydrogen-bond donors (Lipinski definition) is 2. The van der Waals surface area contributed by atoms with Gasteiger partial charge in [0.25, 0.3) is 5.91 Å². The molecule has 2 N–H and O–H groups in total. The first kappa shape index (κ1) is 27.2. The molecule has 0 spiro atoms. The number of esters is 1. The van der Waals surface area contributed by atoms with E-state index in [-0.39, 0.29) is 37.3 Å². The van der Waals surface area contributed by atoms with Crippen LogP contribution in [0, 0.1) is 5.82 Å². The zero-order valence-corrected chi connectivity index (χ0v) is 21.0. The quantitative estimate of drug-likeness (QED) is 0.492. The van der Waals surface area contributed by atoms with Crippen molar-refractivity contribution in [3.8, 4) is 5.75 Å². The van der Waals surface area contributed by atoms with E-state index in [4.69, 9.17) is 16.3 Å². The number of hydrogen-bond acceptors (Lipinski definition) is 6. The lowest BCUT2D eigenvalue weighted by molar-refractivity contribution is -0.140. The first-order valence-electron chi connectivity index (χ1n) is 11.6. The Morgan fingerprint density at radius 2 is 1.89 bits per heavy atom. The van der Waals surface area contributed by atoms with Crippen LogP contribution >= 0.6 is 11.6 Å². The molecule has 194 valence electrons. The largest absolute Gasteiger partial charge is 0.482 e. The fourth-order valence-electron chi connectivity index (χ4n) is 3.89. The third-order valence-corrected chi connectivity index (χ3v) is 5.97. The Morgan fingerprint density at radius 1 is 1.14 bits per heavy atom. The maximum Gasteiger partial charge on any atom is 0.319 e. The molecule has 1 atom stereocenters. The first-order valence-corrected chi connectivity index (χ1v) is 11.9. The van der Waals surface area contributed by atoms with Crippen molar-refractivity contribution >= 4 is 35.2 Å². The lowest BCUT2D eigenvalue weighted by Gasteiger charge is -2.39. The van der Waals surface area contributed by atoms with Gasteiger partial charge in [0.2, 0.25) is 0 Å². The van der Waals surface area contributed by atoms with Crippen LogP contribution in [-0.4, -0.2) is 73.6 Å². The molecule has 2 aromatic carbocycles. The van der Waals surface area contributed by atoms with Crippen LogP contribution in [0.25, 0.3) is 0 Å². The van der Waals surface area contributed by atoms with Gasteiger partial charge in [-0.3, -0.25) is 14.5 Å². The van der Waals surface area contributed by atoms with Gasteiger partial charge in [0, 0.05) is 43.8 Å². The lowest BCUT2D eigenvalue weighted by atomic mass is 10.1. The molecule has 0 saturated carbocycles. The van der Waals surface area contributed by atoms with Crippen LogP contribution in [0.3, 0.4) is 0 Å². The number of carbonyl (C=O) groups excluding carboxylic acids is 3. The normalized spacial score (nSPS) is 15.8. The summed E-state index contributed by atoms with van der Waals surface area (Å²) >= 11 is 6.06. The number of nitrogens with one attached hydrogen (secondary N) is 2. The Morgan fingerprint density at radius 3 is 2.58 bits per heavy atom. The number of anilines is 1. The minimum atomic E-state index is -0.553. The number of urea groups is 1. The highest BCUT2D eigenvalue weighted by Gasteiger charge is 2.27. The number of piperazine rings is 1. The molecule has 0 radical (unpaired) electrons. The van der Waals surface area contributed by atoms with E-state index in [1.807, 2.05) is 6.92 Å². The molecule has 1 aliphatic rings. The van der Waals surface area contributed by atoms with Crippen LogP contribution in [-0.2, 0) is 20.9 Å². The van der Waals surface area contributed by atoms with Gasteiger partial charge in [-0.15, -0.1) is 0 Å². The second-order valence-electron chi connectivity index (χ2n) is 8.43. The van der Waals surface area contributed by atoms with Gasteiger partial charge in [-0.2, -0.15) is 0 Å². The van der Waals surface area contributed by atoms with E-state index in [9.17, 15) is 18.8 Å². The molecule has 11 heteroatoms. The molecule has 1 aliphatic heterocycles. The smallest absolute Gasteiger partial charge is 0.319 e. The number of amides is 3. The second-order valence-corrected chi connectivity index (χ2v) is 8.87. The Kier molecular flexibility index (Phi) is 9.89. The maximum atomic E-state index is 13.1. The van der Waals surface area contributed by atoms with Crippen LogP contribution < -0.4 is 15.4 Å². The van der Waals surface area contributed by atoms with Gasteiger partial charge in [-0.05, 0) is 42.8 Å². The van der Waals surface area contributed by atoms with Gasteiger partial charge in [0.15, 0.2) is 6.61 Å². The predicted molar refractivity (Wildman–Crippen MR) is 133 cm³/mol. The molecule has 0 unspecified atom stereocenters. The van der Waals surface area contributed by atoms with Crippen LogP contribution in [0.5, 0.6) is 5.75 Å². The number of rotatable bonds is 9. The fraction of sp³-hybridized carbons (Fsp3) is 0.400. The molecular formula is C25H30ClFN4O5. The standard InChI is InChI=1S/C25H30ClFN4O5/c1-17-14-30(15-18-3-6-20(27)7-4-18)11-12-31(17)23(32)16-36-22-8-5-19(26)13-21(22)29-25(34)28-10-9-24(33)35-2/h3-8,13,17H,9-12,14-16H2,1-2H3,(H2,28,29,34)/t17-/m1/s1. The Bertz CT molecular complexity index is 1070. The van der Waals surface area contributed by atoms with Gasteiger partial charge in [-0.25, -0.2) is 9.18 Å². The van der Waals surface area contributed by atoms with E-state index >= 15 is 0 Å². The van der Waals surface area contributed by atoms with Crippen molar-refractivity contribution in [2.45, 2.75) is 25.9 Å². The van der Waals surface area contributed by atoms with Crippen LogP contribution in [0.2, 0.25) is 5.02 Å². The summed E-state index contributed by atoms with van der Waals surface area (Å²) in [5.41, 5.74) is 1.31. The van der Waals surface area contributed by atoms with Crippen molar-refractivity contribution in [1.82, 2.24) is 15.1 Å². The Hall–Kier alpha value is -3.37. The molecule has 9 nitrogen and oxygen atoms in total. The number of benzene rings is 2. The summed E-state index contributed by atoms with van der Waals surface area (Å²) in [4.78, 5) is 40.2. The predicted octanol–water partition coefficient (Wildman–Crippen LogP) is 3.28. The summed E-state index contributed by atoms with van der Waals surface area (Å²) in [7, 11) is 1.27. The number of halogens is 2. The highest BCUT2D eigenvalue weighted by molar-refractivity contribution is 6.31. The zero-order valence-electron chi connectivity index (χ0n) is 20.3. The molecule has 3 amide bonds. The molecule has 3 rings (SSSR count). The minimum absolute atomic E-state index is 0.0290. The molecule has 1 heterocycles. The van der Waals surface area contributed by atoms with Crippen LogP contribution in [0.15, 0.2) is 42.5 Å². The van der Waals surface area contributed by atoms with Gasteiger partial charge < -0.3 is 25.0 Å². The summed E-state index contributed by atoms with van der Waals surface area (Å²) < 4.78 is 23.4. The average Bonchev–Trinajstić information content (AvgIpc) is 2.84. The number of methoxy groups -OCH3 is 1. The van der Waals surface area contributed by atoms with Crippen LogP contribution in [0.4, 0.5) is 14.9 Å². The third-order valence-electron chi connectivity index (χ3n) is 5.73. The lowest BCUT2D eigenvalue weighted by Crippen LogP contribution is -2.54. The second kappa shape index (κ2) is 13.1. The van der Waals surface area contributed by atoms with Crippen molar-refractivity contribution in [1.29, 1.82) is 0 Å². The van der Waals surface area contributed by atoms with Crippen molar-refractivity contribution in [2.75, 3.05) is 45.2 Å². The summed E-state index contributed by atoms with van der Waals surface area (Å²) in [6.07, 6.45) is 0.0344. The summed E-state index contributed by atoms with van der Waals surface area (Å²) in [6.45, 7) is 4.46. The molecule has 1 fully saturated rings. The van der Waals surface area contributed by atoms with Gasteiger partial charge in [-0.1, -0.05) is 23.7 Å². The fourth-order valence-corrected chi connectivity index (χ4v) is 4.06. The van der Waals surface area contributed by atoms with Crippen molar-refractivity contribution in [3.05, 3.63) is 58.9 Å². The van der Waals surface area contributed by atoms with Crippen molar-refractivity contribution < 1.29 is 28.2 Å². The number of ether oxygens (including phenoxy) is 2. The summed E-state index contributed by atoms with van der Waals surface area (Å²) in [5.74, 6) is -0.585. The molecule has 1 saturated heterocycles. The van der Waals surface area contributed by atoms with E-state index in [1.165, 1.54) is 25.3 Å². The van der Waals surface area contributed by atoms with E-state index in [0.29, 0.717) is 42.6 Å². The first-order chi connectivity index (χ1) is 17.2. The third kappa shape index (κ3) is 8.10. The summed E-state index contributed by atoms with van der Waals surface area (Å²) in [5, 5.41) is 5.54. The molecular weight excluding hydrogens is 491 g/mol. The Labute approximate surface area is 214 Å². The Balaban J connectivity index is 1.51. The van der Waals surface area contributed by atoms with Gasteiger partial charge >= 0.3 is 12.0 Å². The average molecular weight is 521 g/mol. The SMILES string of the molecule is COC(=O)CCNC(=O)Nc1cc(Cl)ccc1OCC(=O)N1CCN(Cc2ccc(F)cc2)C[C@H]1C.